The van der Waals surface area contributed by atoms with Crippen molar-refractivity contribution in [3.8, 4) is 0 Å². The van der Waals surface area contributed by atoms with E-state index in [2.05, 4.69) is 32.9 Å². The highest BCUT2D eigenvalue weighted by atomic mass is 32.2. The summed E-state index contributed by atoms with van der Waals surface area (Å²) in [5.41, 5.74) is 2.07. The number of aromatic nitrogens is 2. The highest BCUT2D eigenvalue weighted by Gasteiger charge is 2.38. The van der Waals surface area contributed by atoms with Crippen molar-refractivity contribution in [2.75, 3.05) is 0 Å². The fourth-order valence-corrected chi connectivity index (χ4v) is 6.27. The Morgan fingerprint density at radius 1 is 0.793 bits per heavy atom. The van der Waals surface area contributed by atoms with Crippen LogP contribution in [0.4, 0.5) is 0 Å². The Morgan fingerprint density at radius 2 is 1.48 bits per heavy atom. The van der Waals surface area contributed by atoms with Crippen molar-refractivity contribution in [2.24, 2.45) is 0 Å². The van der Waals surface area contributed by atoms with E-state index in [0.717, 1.165) is 21.9 Å². The summed E-state index contributed by atoms with van der Waals surface area (Å²) in [6.45, 7) is 0. The minimum atomic E-state index is -3.69. The Balaban J connectivity index is 1.61. The first kappa shape index (κ1) is 18.3. The molecule has 0 unspecified atom stereocenters. The first-order chi connectivity index (χ1) is 14.1. The number of hydrogen-bond acceptors (Lipinski definition) is 5. The third-order valence-electron chi connectivity index (χ3n) is 5.02. The zero-order chi connectivity index (χ0) is 19.8. The lowest BCUT2D eigenvalue weighted by molar-refractivity contribution is 0.557. The summed E-state index contributed by atoms with van der Waals surface area (Å²) >= 11 is 1.48. The van der Waals surface area contributed by atoms with Gasteiger partial charge < -0.3 is 0 Å². The number of hydrogen-bond donors (Lipinski definition) is 1. The second kappa shape index (κ2) is 7.26. The number of nitrogens with zero attached hydrogens (tertiary/aromatic N) is 2. The van der Waals surface area contributed by atoms with Gasteiger partial charge in [0.1, 0.15) is 0 Å². The number of sulfonamides is 1. The van der Waals surface area contributed by atoms with E-state index in [1.54, 1.807) is 48.8 Å². The molecular weight excluding hydrogens is 402 g/mol. The normalized spacial score (nSPS) is 18.2. The van der Waals surface area contributed by atoms with Gasteiger partial charge in [-0.15, -0.1) is 0 Å². The summed E-state index contributed by atoms with van der Waals surface area (Å²) < 4.78 is 29.2. The van der Waals surface area contributed by atoms with E-state index in [4.69, 9.17) is 0 Å². The minimum Gasteiger partial charge on any atom is -0.231 e. The first-order valence-corrected chi connectivity index (χ1v) is 11.5. The number of nitrogens with one attached hydrogen (secondary N) is 1. The highest BCUT2D eigenvalue weighted by molar-refractivity contribution is 7.99. The van der Waals surface area contributed by atoms with Crippen molar-refractivity contribution < 1.29 is 8.42 Å². The van der Waals surface area contributed by atoms with Crippen molar-refractivity contribution in [1.82, 2.24) is 14.7 Å². The molecule has 144 valence electrons. The molecule has 0 spiro atoms. The van der Waals surface area contributed by atoms with Crippen LogP contribution in [-0.4, -0.2) is 18.4 Å². The lowest BCUT2D eigenvalue weighted by Gasteiger charge is -2.22. The lowest BCUT2D eigenvalue weighted by atomic mass is 10.1. The van der Waals surface area contributed by atoms with E-state index in [1.165, 1.54) is 11.8 Å². The molecule has 1 heterocycles. The van der Waals surface area contributed by atoms with Crippen molar-refractivity contribution >= 4 is 32.6 Å². The molecule has 2 atom stereocenters. The van der Waals surface area contributed by atoms with Gasteiger partial charge in [0, 0.05) is 12.4 Å². The topological polar surface area (TPSA) is 72.0 Å². The van der Waals surface area contributed by atoms with Gasteiger partial charge in [0.25, 0.3) is 0 Å². The lowest BCUT2D eigenvalue weighted by Crippen LogP contribution is -2.30. The van der Waals surface area contributed by atoms with E-state index in [9.17, 15) is 8.42 Å². The van der Waals surface area contributed by atoms with E-state index in [0.29, 0.717) is 5.16 Å². The number of rotatable bonds is 5. The van der Waals surface area contributed by atoms with Crippen LogP contribution in [0.5, 0.6) is 0 Å². The Hall–Kier alpha value is -2.74. The molecule has 1 aromatic heterocycles. The molecule has 0 radical (unpaired) electrons. The van der Waals surface area contributed by atoms with Crippen LogP contribution in [0.25, 0.3) is 10.8 Å². The van der Waals surface area contributed by atoms with Crippen molar-refractivity contribution in [2.45, 2.75) is 21.3 Å². The number of benzene rings is 3. The van der Waals surface area contributed by atoms with Crippen LogP contribution in [-0.2, 0) is 10.0 Å². The van der Waals surface area contributed by atoms with E-state index in [-0.39, 0.29) is 10.1 Å². The van der Waals surface area contributed by atoms with Crippen LogP contribution in [0.3, 0.4) is 0 Å². The molecule has 5 rings (SSSR count). The summed E-state index contributed by atoms with van der Waals surface area (Å²) in [7, 11) is -3.69. The van der Waals surface area contributed by atoms with Gasteiger partial charge in [-0.2, -0.15) is 0 Å². The highest BCUT2D eigenvalue weighted by Crippen LogP contribution is 2.52. The quantitative estimate of drug-likeness (QED) is 0.482. The minimum absolute atomic E-state index is 0.169. The molecule has 7 heteroatoms. The summed E-state index contributed by atoms with van der Waals surface area (Å²) in [6, 6.07) is 21.9. The van der Waals surface area contributed by atoms with Gasteiger partial charge in [-0.1, -0.05) is 66.4 Å². The standard InChI is InChI=1S/C22H17N3O2S2/c26-29(27,16-9-2-1-3-10-16)25-20-17-11-4-7-15-8-5-12-18(19(15)17)21(20)28-22-23-13-6-14-24-22/h1-14,20-21,25H/t20-,21+/m0/s1. The maximum atomic E-state index is 13.1. The zero-order valence-electron chi connectivity index (χ0n) is 15.3. The van der Waals surface area contributed by atoms with Crippen molar-refractivity contribution in [3.05, 3.63) is 96.3 Å². The smallest absolute Gasteiger partial charge is 0.231 e. The molecule has 4 aromatic rings. The molecule has 0 saturated carbocycles. The van der Waals surface area contributed by atoms with Crippen LogP contribution in [0, 0.1) is 0 Å². The van der Waals surface area contributed by atoms with Gasteiger partial charge in [-0.3, -0.25) is 0 Å². The molecule has 1 aliphatic rings. The summed E-state index contributed by atoms with van der Waals surface area (Å²) in [5, 5.41) is 2.65. The maximum Gasteiger partial charge on any atom is 0.241 e. The van der Waals surface area contributed by atoms with Crippen LogP contribution in [0.15, 0.2) is 95.2 Å². The number of thioether (sulfide) groups is 1. The fourth-order valence-electron chi connectivity index (χ4n) is 3.79. The Morgan fingerprint density at radius 3 is 2.21 bits per heavy atom. The van der Waals surface area contributed by atoms with Crippen LogP contribution >= 0.6 is 11.8 Å². The molecule has 29 heavy (non-hydrogen) atoms. The van der Waals surface area contributed by atoms with E-state index < -0.39 is 16.1 Å². The molecule has 0 aliphatic heterocycles. The average molecular weight is 420 g/mol. The Kier molecular flexibility index (Phi) is 4.58. The molecular formula is C22H17N3O2S2. The van der Waals surface area contributed by atoms with Crippen molar-refractivity contribution in [1.29, 1.82) is 0 Å². The second-order valence-corrected chi connectivity index (χ2v) is 9.60. The van der Waals surface area contributed by atoms with Crippen LogP contribution < -0.4 is 4.72 Å². The third kappa shape index (κ3) is 3.31. The molecule has 1 aliphatic carbocycles. The Bertz CT molecular complexity index is 1270. The van der Waals surface area contributed by atoms with Gasteiger partial charge in [-0.05, 0) is 40.1 Å². The molecule has 0 amide bonds. The van der Waals surface area contributed by atoms with Gasteiger partial charge in [0.15, 0.2) is 5.16 Å². The zero-order valence-corrected chi connectivity index (χ0v) is 16.9. The second-order valence-electron chi connectivity index (χ2n) is 6.77. The maximum absolute atomic E-state index is 13.1. The van der Waals surface area contributed by atoms with E-state index in [1.807, 2.05) is 18.2 Å². The predicted molar refractivity (Wildman–Crippen MR) is 114 cm³/mol. The molecule has 0 bridgehead atoms. The van der Waals surface area contributed by atoms with Gasteiger partial charge in [0.2, 0.25) is 10.0 Å². The van der Waals surface area contributed by atoms with E-state index >= 15 is 0 Å². The van der Waals surface area contributed by atoms with Gasteiger partial charge in [0.05, 0.1) is 16.2 Å². The predicted octanol–water partition coefficient (Wildman–Crippen LogP) is 4.50. The van der Waals surface area contributed by atoms with Gasteiger partial charge in [-0.25, -0.2) is 23.1 Å². The van der Waals surface area contributed by atoms with Crippen LogP contribution in [0.2, 0.25) is 0 Å². The van der Waals surface area contributed by atoms with Crippen LogP contribution in [0.1, 0.15) is 22.4 Å². The third-order valence-corrected chi connectivity index (χ3v) is 7.68. The molecule has 3 aromatic carbocycles. The fraction of sp³-hybridized carbons (Fsp3) is 0.0909. The Labute approximate surface area is 173 Å². The summed E-state index contributed by atoms with van der Waals surface area (Å²) in [5.74, 6) is 0. The largest absolute Gasteiger partial charge is 0.241 e. The molecule has 0 saturated heterocycles. The van der Waals surface area contributed by atoms with Gasteiger partial charge >= 0.3 is 0 Å². The molecule has 0 fully saturated rings. The molecule has 1 N–H and O–H groups in total. The monoisotopic (exact) mass is 419 g/mol. The average Bonchev–Trinajstić information content (AvgIpc) is 3.04. The molecule has 5 nitrogen and oxygen atoms in total. The van der Waals surface area contributed by atoms with Crippen molar-refractivity contribution in [3.63, 3.8) is 0 Å². The summed E-state index contributed by atoms with van der Waals surface area (Å²) in [6.07, 6.45) is 3.39. The summed E-state index contributed by atoms with van der Waals surface area (Å²) in [4.78, 5) is 8.92. The first-order valence-electron chi connectivity index (χ1n) is 9.16. The SMILES string of the molecule is O=S(=O)(N[C@H]1c2cccc3cccc(c23)[C@H]1Sc1ncccn1)c1ccccc1.